The predicted octanol–water partition coefficient (Wildman–Crippen LogP) is 0.396. The number of aliphatic hydroxyl groups excluding tert-OH is 1. The normalized spacial score (nSPS) is 11.5. The molecule has 0 radical (unpaired) electrons. The van der Waals surface area contributed by atoms with E-state index < -0.39 is 10.0 Å². The molecule has 8 heteroatoms. The largest absolute Gasteiger partial charge is 0.394 e. The number of hydrogen-bond donors (Lipinski definition) is 3. The molecule has 2 rings (SSSR count). The number of anilines is 1. The molecule has 0 spiro atoms. The van der Waals surface area contributed by atoms with E-state index in [1.165, 1.54) is 7.05 Å². The first-order valence-electron chi connectivity index (χ1n) is 6.45. The number of benzene rings is 1. The Morgan fingerprint density at radius 2 is 2.10 bits per heavy atom. The van der Waals surface area contributed by atoms with Crippen LogP contribution in [-0.2, 0) is 23.1 Å². The van der Waals surface area contributed by atoms with Gasteiger partial charge in [0.2, 0.25) is 10.0 Å². The molecule has 0 unspecified atom stereocenters. The minimum absolute atomic E-state index is 0.0256. The molecule has 7 nitrogen and oxygen atoms in total. The second kappa shape index (κ2) is 6.70. The Hall–Kier alpha value is -1.90. The van der Waals surface area contributed by atoms with Gasteiger partial charge < -0.3 is 10.4 Å². The van der Waals surface area contributed by atoms with E-state index in [9.17, 15) is 8.42 Å². The van der Waals surface area contributed by atoms with Crippen LogP contribution >= 0.6 is 0 Å². The van der Waals surface area contributed by atoms with E-state index in [4.69, 9.17) is 5.11 Å². The molecule has 3 N–H and O–H groups in total. The van der Waals surface area contributed by atoms with Crippen molar-refractivity contribution in [3.05, 3.63) is 42.2 Å². The van der Waals surface area contributed by atoms with Crippen LogP contribution in [0.25, 0.3) is 0 Å². The number of sulfonamides is 1. The van der Waals surface area contributed by atoms with Crippen molar-refractivity contribution in [2.75, 3.05) is 19.0 Å². The summed E-state index contributed by atoms with van der Waals surface area (Å²) in [6.07, 6.45) is 3.48. The van der Waals surface area contributed by atoms with Crippen molar-refractivity contribution < 1.29 is 13.5 Å². The van der Waals surface area contributed by atoms with Crippen molar-refractivity contribution in [3.8, 4) is 0 Å². The summed E-state index contributed by atoms with van der Waals surface area (Å²) in [5.74, 6) is 0. The molecule has 1 heterocycles. The lowest BCUT2D eigenvalue weighted by atomic mass is 10.3. The maximum atomic E-state index is 11.9. The molecule has 0 saturated heterocycles. The van der Waals surface area contributed by atoms with Crippen LogP contribution in [0.4, 0.5) is 5.69 Å². The lowest BCUT2D eigenvalue weighted by Crippen LogP contribution is -2.20. The highest BCUT2D eigenvalue weighted by Gasteiger charge is 2.15. The van der Waals surface area contributed by atoms with Crippen LogP contribution in [0.15, 0.2) is 41.6 Å². The van der Waals surface area contributed by atoms with E-state index in [0.29, 0.717) is 18.8 Å². The van der Waals surface area contributed by atoms with E-state index in [0.717, 1.165) is 5.56 Å². The first-order chi connectivity index (χ1) is 10.1. The molecule has 114 valence electrons. The number of hydrogen-bond acceptors (Lipinski definition) is 5. The van der Waals surface area contributed by atoms with Crippen molar-refractivity contribution in [1.29, 1.82) is 0 Å². The molecule has 0 saturated carbocycles. The summed E-state index contributed by atoms with van der Waals surface area (Å²) in [5.41, 5.74) is 1.43. The SMILES string of the molecule is CNS(=O)(=O)c1ccccc1NCc1cnn(CCO)c1. The summed E-state index contributed by atoms with van der Waals surface area (Å²) < 4.78 is 27.8. The van der Waals surface area contributed by atoms with Crippen LogP contribution in [-0.4, -0.2) is 37.0 Å². The summed E-state index contributed by atoms with van der Waals surface area (Å²) in [6, 6.07) is 6.70. The van der Waals surface area contributed by atoms with Crippen molar-refractivity contribution in [3.63, 3.8) is 0 Å². The fourth-order valence-electron chi connectivity index (χ4n) is 1.88. The monoisotopic (exact) mass is 310 g/mol. The number of nitrogens with one attached hydrogen (secondary N) is 2. The number of nitrogens with zero attached hydrogens (tertiary/aromatic N) is 2. The van der Waals surface area contributed by atoms with E-state index in [2.05, 4.69) is 15.1 Å². The number of aromatic nitrogens is 2. The number of para-hydroxylation sites is 1. The Labute approximate surface area is 123 Å². The highest BCUT2D eigenvalue weighted by Crippen LogP contribution is 2.20. The van der Waals surface area contributed by atoms with Gasteiger partial charge in [0.1, 0.15) is 4.90 Å². The van der Waals surface area contributed by atoms with Gasteiger partial charge >= 0.3 is 0 Å². The lowest BCUT2D eigenvalue weighted by molar-refractivity contribution is 0.269. The van der Waals surface area contributed by atoms with Crippen LogP contribution < -0.4 is 10.0 Å². The van der Waals surface area contributed by atoms with E-state index >= 15 is 0 Å². The number of aliphatic hydroxyl groups is 1. The fraction of sp³-hybridized carbons (Fsp3) is 0.308. The lowest BCUT2D eigenvalue weighted by Gasteiger charge is -2.11. The van der Waals surface area contributed by atoms with Crippen LogP contribution in [0.2, 0.25) is 0 Å². The quantitative estimate of drug-likeness (QED) is 0.688. The molecule has 0 aliphatic heterocycles. The van der Waals surface area contributed by atoms with Gasteiger partial charge in [-0.3, -0.25) is 4.68 Å². The summed E-state index contributed by atoms with van der Waals surface area (Å²) in [5, 5.41) is 16.0. The molecular weight excluding hydrogens is 292 g/mol. The van der Waals surface area contributed by atoms with E-state index in [1.807, 2.05) is 0 Å². The predicted molar refractivity (Wildman–Crippen MR) is 79.3 cm³/mol. The van der Waals surface area contributed by atoms with E-state index in [-0.39, 0.29) is 11.5 Å². The second-order valence-electron chi connectivity index (χ2n) is 4.39. The Morgan fingerprint density at radius 3 is 2.81 bits per heavy atom. The van der Waals surface area contributed by atoms with Gasteiger partial charge in [0.25, 0.3) is 0 Å². The zero-order valence-electron chi connectivity index (χ0n) is 11.7. The van der Waals surface area contributed by atoms with Gasteiger partial charge in [-0.25, -0.2) is 13.1 Å². The van der Waals surface area contributed by atoms with Crippen molar-refractivity contribution in [2.45, 2.75) is 18.0 Å². The summed E-state index contributed by atoms with van der Waals surface area (Å²) >= 11 is 0. The molecule has 1 aromatic heterocycles. The third kappa shape index (κ3) is 3.81. The van der Waals surface area contributed by atoms with Crippen molar-refractivity contribution >= 4 is 15.7 Å². The molecule has 1 aromatic carbocycles. The van der Waals surface area contributed by atoms with Gasteiger partial charge in [0.05, 0.1) is 25.0 Å². The van der Waals surface area contributed by atoms with Crippen LogP contribution in [0.3, 0.4) is 0 Å². The highest BCUT2D eigenvalue weighted by molar-refractivity contribution is 7.89. The van der Waals surface area contributed by atoms with Crippen LogP contribution in [0.5, 0.6) is 0 Å². The molecule has 2 aromatic rings. The summed E-state index contributed by atoms with van der Waals surface area (Å²) in [7, 11) is -2.12. The topological polar surface area (TPSA) is 96.3 Å². The van der Waals surface area contributed by atoms with Gasteiger partial charge in [-0.1, -0.05) is 12.1 Å². The Morgan fingerprint density at radius 1 is 1.33 bits per heavy atom. The molecule has 0 aliphatic rings. The smallest absolute Gasteiger partial charge is 0.242 e. The average Bonchev–Trinajstić information content (AvgIpc) is 2.93. The van der Waals surface area contributed by atoms with Crippen molar-refractivity contribution in [1.82, 2.24) is 14.5 Å². The van der Waals surface area contributed by atoms with Gasteiger partial charge in [0, 0.05) is 18.3 Å². The molecule has 0 amide bonds. The second-order valence-corrected chi connectivity index (χ2v) is 6.25. The average molecular weight is 310 g/mol. The van der Waals surface area contributed by atoms with Gasteiger partial charge in [-0.05, 0) is 19.2 Å². The standard InChI is InChI=1S/C13H18N4O3S/c1-14-21(19,20)13-5-3-2-4-12(13)15-8-11-9-16-17(10-11)6-7-18/h2-5,9-10,14-15,18H,6-8H2,1H3. The molecule has 0 aliphatic carbocycles. The first kappa shape index (κ1) is 15.5. The van der Waals surface area contributed by atoms with E-state index in [1.54, 1.807) is 41.3 Å². The molecular formula is C13H18N4O3S. The Bertz CT molecular complexity index is 697. The molecule has 0 bridgehead atoms. The zero-order chi connectivity index (χ0) is 15.3. The van der Waals surface area contributed by atoms with Crippen molar-refractivity contribution in [2.24, 2.45) is 0 Å². The fourth-order valence-corrected chi connectivity index (χ4v) is 2.78. The molecule has 21 heavy (non-hydrogen) atoms. The Kier molecular flexibility index (Phi) is 4.94. The maximum absolute atomic E-state index is 11.9. The minimum atomic E-state index is -3.50. The Balaban J connectivity index is 2.13. The minimum Gasteiger partial charge on any atom is -0.394 e. The van der Waals surface area contributed by atoms with Gasteiger partial charge in [-0.2, -0.15) is 5.10 Å². The first-order valence-corrected chi connectivity index (χ1v) is 7.94. The zero-order valence-corrected chi connectivity index (χ0v) is 12.5. The molecule has 0 fully saturated rings. The third-order valence-electron chi connectivity index (χ3n) is 2.94. The van der Waals surface area contributed by atoms with Crippen LogP contribution in [0.1, 0.15) is 5.56 Å². The third-order valence-corrected chi connectivity index (χ3v) is 4.42. The summed E-state index contributed by atoms with van der Waals surface area (Å²) in [4.78, 5) is 0.204. The number of rotatable bonds is 7. The molecule has 0 atom stereocenters. The van der Waals surface area contributed by atoms with Crippen LogP contribution in [0, 0.1) is 0 Å². The highest BCUT2D eigenvalue weighted by atomic mass is 32.2. The van der Waals surface area contributed by atoms with Gasteiger partial charge in [-0.15, -0.1) is 0 Å². The summed E-state index contributed by atoms with van der Waals surface area (Å²) in [6.45, 7) is 0.907. The van der Waals surface area contributed by atoms with Gasteiger partial charge in [0.15, 0.2) is 0 Å². The maximum Gasteiger partial charge on any atom is 0.242 e.